The third-order valence-electron chi connectivity index (χ3n) is 6.98. The second-order valence-electron chi connectivity index (χ2n) is 9.25. The number of aliphatic carboxylic acids is 1. The van der Waals surface area contributed by atoms with Crippen LogP contribution in [0.15, 0.2) is 53.6 Å². The molecule has 1 atom stereocenters. The molecule has 0 bridgehead atoms. The highest BCUT2D eigenvalue weighted by Crippen LogP contribution is 2.38. The Morgan fingerprint density at radius 3 is 2.73 bits per heavy atom. The molecule has 0 spiro atoms. The lowest BCUT2D eigenvalue weighted by atomic mass is 9.83. The van der Waals surface area contributed by atoms with Gasteiger partial charge in [0.25, 0.3) is 0 Å². The number of allylic oxidation sites excluding steroid dienone is 4. The molecule has 4 rings (SSSR count). The van der Waals surface area contributed by atoms with Gasteiger partial charge in [0.2, 0.25) is 0 Å². The summed E-state index contributed by atoms with van der Waals surface area (Å²) in [6.45, 7) is 4.86. The highest BCUT2D eigenvalue weighted by Gasteiger charge is 2.25. The number of ether oxygens (including phenoxy) is 2. The lowest BCUT2D eigenvalue weighted by Crippen LogP contribution is -2.10. The van der Waals surface area contributed by atoms with Gasteiger partial charge < -0.3 is 14.6 Å². The number of methoxy groups -OCH3 is 1. The molecule has 0 radical (unpaired) electrons. The number of fused-ring (bicyclic) bond motifs is 1. The summed E-state index contributed by atoms with van der Waals surface area (Å²) in [4.78, 5) is 11.3. The molecule has 2 aromatic rings. The van der Waals surface area contributed by atoms with Crippen LogP contribution in [-0.2, 0) is 24.2 Å². The van der Waals surface area contributed by atoms with E-state index in [2.05, 4.69) is 56.3 Å². The summed E-state index contributed by atoms with van der Waals surface area (Å²) in [5.74, 6) is 0.849. The van der Waals surface area contributed by atoms with E-state index in [1.54, 1.807) is 7.11 Å². The van der Waals surface area contributed by atoms with Crippen molar-refractivity contribution in [3.63, 3.8) is 0 Å². The van der Waals surface area contributed by atoms with Gasteiger partial charge in [0.05, 0.1) is 13.0 Å². The van der Waals surface area contributed by atoms with Gasteiger partial charge >= 0.3 is 5.97 Å². The molecule has 0 heterocycles. The molecule has 0 saturated heterocycles. The Labute approximate surface area is 196 Å². The first kappa shape index (κ1) is 23.2. The topological polar surface area (TPSA) is 55.8 Å². The van der Waals surface area contributed by atoms with Crippen LogP contribution in [0.25, 0.3) is 5.57 Å². The summed E-state index contributed by atoms with van der Waals surface area (Å²) < 4.78 is 11.7. The molecule has 0 saturated carbocycles. The Morgan fingerprint density at radius 2 is 2.00 bits per heavy atom. The van der Waals surface area contributed by atoms with Crippen LogP contribution < -0.4 is 9.47 Å². The predicted molar refractivity (Wildman–Crippen MR) is 132 cm³/mol. The van der Waals surface area contributed by atoms with Crippen molar-refractivity contribution in [2.45, 2.75) is 65.4 Å². The Balaban J connectivity index is 1.43. The number of aryl methyl sites for hydroxylation is 2. The fourth-order valence-corrected chi connectivity index (χ4v) is 5.03. The lowest BCUT2D eigenvalue weighted by Gasteiger charge is -2.23. The molecular weight excluding hydrogens is 412 g/mol. The molecule has 4 heteroatoms. The smallest absolute Gasteiger partial charge is 0.307 e. The average Bonchev–Trinajstić information content (AvgIpc) is 3.29. The van der Waals surface area contributed by atoms with Crippen LogP contribution in [0.1, 0.15) is 68.2 Å². The average molecular weight is 447 g/mol. The highest BCUT2D eigenvalue weighted by atomic mass is 16.5. The van der Waals surface area contributed by atoms with Crippen molar-refractivity contribution in [1.82, 2.24) is 0 Å². The predicted octanol–water partition coefficient (Wildman–Crippen LogP) is 6.76. The standard InChI is InChI=1S/C29H34O4/c1-4-5-20-6-9-25(28(16-20)32-3)18-33-26-12-13-27-19(2)22(10-11-23(27)17-26)14-21-7-8-24(15-21)29(30)31/h6-7,9,12-13,16-17,24H,4-5,8,10-11,14-15,18H2,1-3H3,(H,30,31). The monoisotopic (exact) mass is 446 g/mol. The molecule has 0 aliphatic heterocycles. The van der Waals surface area contributed by atoms with Crippen molar-refractivity contribution >= 4 is 11.5 Å². The third-order valence-corrected chi connectivity index (χ3v) is 6.98. The fraction of sp³-hybridized carbons (Fsp3) is 0.414. The highest BCUT2D eigenvalue weighted by molar-refractivity contribution is 5.74. The zero-order chi connectivity index (χ0) is 23.4. The third kappa shape index (κ3) is 5.32. The minimum atomic E-state index is -0.678. The van der Waals surface area contributed by atoms with Crippen LogP contribution in [0.4, 0.5) is 0 Å². The van der Waals surface area contributed by atoms with Crippen LogP contribution in [-0.4, -0.2) is 18.2 Å². The van der Waals surface area contributed by atoms with E-state index in [1.165, 1.54) is 33.4 Å². The van der Waals surface area contributed by atoms with E-state index in [0.29, 0.717) is 19.4 Å². The number of carboxylic acids is 1. The van der Waals surface area contributed by atoms with Gasteiger partial charge in [0.15, 0.2) is 0 Å². The normalized spacial score (nSPS) is 17.5. The van der Waals surface area contributed by atoms with E-state index in [1.807, 2.05) is 0 Å². The van der Waals surface area contributed by atoms with E-state index in [0.717, 1.165) is 49.2 Å². The summed E-state index contributed by atoms with van der Waals surface area (Å²) in [7, 11) is 1.71. The Bertz CT molecular complexity index is 1090. The van der Waals surface area contributed by atoms with Gasteiger partial charge in [-0.15, -0.1) is 0 Å². The Hall–Kier alpha value is -3.01. The van der Waals surface area contributed by atoms with Gasteiger partial charge in [-0.25, -0.2) is 0 Å². The minimum Gasteiger partial charge on any atom is -0.496 e. The second-order valence-corrected chi connectivity index (χ2v) is 9.25. The van der Waals surface area contributed by atoms with Crippen molar-refractivity contribution < 1.29 is 19.4 Å². The van der Waals surface area contributed by atoms with Gasteiger partial charge in [-0.2, -0.15) is 0 Å². The largest absolute Gasteiger partial charge is 0.496 e. The van der Waals surface area contributed by atoms with Crippen LogP contribution in [0.3, 0.4) is 0 Å². The van der Waals surface area contributed by atoms with Crippen LogP contribution >= 0.6 is 0 Å². The number of benzene rings is 2. The van der Waals surface area contributed by atoms with E-state index in [4.69, 9.17) is 9.47 Å². The van der Waals surface area contributed by atoms with Crippen molar-refractivity contribution in [2.24, 2.45) is 5.92 Å². The molecule has 2 aromatic carbocycles. The molecule has 0 amide bonds. The summed E-state index contributed by atoms with van der Waals surface area (Å²) in [5.41, 5.74) is 9.00. The SMILES string of the molecule is CCCc1ccc(COc2ccc3c(c2)CCC(CC2=CCC(C(=O)O)C2)=C3C)c(OC)c1. The zero-order valence-corrected chi connectivity index (χ0v) is 19.9. The summed E-state index contributed by atoms with van der Waals surface area (Å²) in [5, 5.41) is 9.26. The summed E-state index contributed by atoms with van der Waals surface area (Å²) in [6.07, 6.45) is 8.57. The first-order valence-electron chi connectivity index (χ1n) is 12.0. The Kier molecular flexibility index (Phi) is 7.22. The van der Waals surface area contributed by atoms with E-state index in [-0.39, 0.29) is 5.92 Å². The first-order valence-corrected chi connectivity index (χ1v) is 12.0. The van der Waals surface area contributed by atoms with Crippen molar-refractivity contribution in [1.29, 1.82) is 0 Å². The molecule has 0 aromatic heterocycles. The van der Waals surface area contributed by atoms with Gasteiger partial charge in [0.1, 0.15) is 18.1 Å². The van der Waals surface area contributed by atoms with Gasteiger partial charge in [-0.3, -0.25) is 4.79 Å². The quantitative estimate of drug-likeness (QED) is 0.433. The maximum Gasteiger partial charge on any atom is 0.307 e. The van der Waals surface area contributed by atoms with E-state index < -0.39 is 5.97 Å². The first-order chi connectivity index (χ1) is 16.0. The van der Waals surface area contributed by atoms with Crippen molar-refractivity contribution in [3.8, 4) is 11.5 Å². The molecule has 174 valence electrons. The molecule has 33 heavy (non-hydrogen) atoms. The van der Waals surface area contributed by atoms with Crippen molar-refractivity contribution in [3.05, 3.63) is 75.9 Å². The molecular formula is C29H34O4. The molecule has 1 unspecified atom stereocenters. The fourth-order valence-electron chi connectivity index (χ4n) is 5.03. The van der Waals surface area contributed by atoms with Gasteiger partial charge in [0, 0.05) is 5.56 Å². The van der Waals surface area contributed by atoms with Gasteiger partial charge in [-0.1, -0.05) is 48.8 Å². The maximum atomic E-state index is 11.3. The maximum absolute atomic E-state index is 11.3. The summed E-state index contributed by atoms with van der Waals surface area (Å²) in [6, 6.07) is 12.8. The molecule has 2 aliphatic carbocycles. The lowest BCUT2D eigenvalue weighted by molar-refractivity contribution is -0.141. The number of hydrogen-bond donors (Lipinski definition) is 1. The zero-order valence-electron chi connectivity index (χ0n) is 19.9. The van der Waals surface area contributed by atoms with Crippen LogP contribution in [0, 0.1) is 5.92 Å². The number of rotatable bonds is 9. The number of carbonyl (C=O) groups is 1. The molecule has 4 nitrogen and oxygen atoms in total. The Morgan fingerprint density at radius 1 is 1.15 bits per heavy atom. The van der Waals surface area contributed by atoms with E-state index >= 15 is 0 Å². The van der Waals surface area contributed by atoms with Gasteiger partial charge in [-0.05, 0) is 85.9 Å². The minimum absolute atomic E-state index is 0.238. The van der Waals surface area contributed by atoms with Crippen LogP contribution in [0.5, 0.6) is 11.5 Å². The number of hydrogen-bond acceptors (Lipinski definition) is 3. The molecule has 0 fully saturated rings. The van der Waals surface area contributed by atoms with Crippen LogP contribution in [0.2, 0.25) is 0 Å². The second kappa shape index (κ2) is 10.3. The van der Waals surface area contributed by atoms with E-state index in [9.17, 15) is 9.90 Å². The molecule has 1 N–H and O–H groups in total. The number of carboxylic acid groups (broad SMARTS) is 1. The van der Waals surface area contributed by atoms with Crippen molar-refractivity contribution in [2.75, 3.05) is 7.11 Å². The summed E-state index contributed by atoms with van der Waals surface area (Å²) >= 11 is 0. The molecule has 2 aliphatic rings.